The average molecular weight is 481 g/mol. The number of β-amino-alcohol motifs (C(OH)–C–C–N with tert-alkyl or cyclic N) is 1. The van der Waals surface area contributed by atoms with Crippen LogP contribution in [0.15, 0.2) is 48.5 Å². The Morgan fingerprint density at radius 2 is 1.57 bits per heavy atom. The molecule has 3 N–H and O–H groups in total. The molecule has 5 rings (SSSR count). The number of nitrogens with zero attached hydrogens (tertiary/aromatic N) is 1. The number of benzene rings is 2. The molecule has 2 aliphatic heterocycles. The lowest BCUT2D eigenvalue weighted by Crippen LogP contribution is -2.70. The van der Waals surface area contributed by atoms with E-state index in [1.54, 1.807) is 0 Å². The molecule has 0 radical (unpaired) electrons. The smallest absolute Gasteiger partial charge is 0.407 e. The summed E-state index contributed by atoms with van der Waals surface area (Å²) < 4.78 is 11.0. The molecular formula is C26H28N2O7. The minimum Gasteiger partial charge on any atom is -0.479 e. The number of carbonyl (C=O) groups is 3. The van der Waals surface area contributed by atoms with Gasteiger partial charge in [0.25, 0.3) is 0 Å². The number of likely N-dealkylation sites (tertiary alicyclic amines) is 1. The summed E-state index contributed by atoms with van der Waals surface area (Å²) in [6, 6.07) is 16.1. The number of aliphatic hydroxyl groups is 1. The largest absolute Gasteiger partial charge is 0.479 e. The second-order valence-electron chi connectivity index (χ2n) is 9.57. The van der Waals surface area contributed by atoms with Crippen LogP contribution in [0.25, 0.3) is 11.1 Å². The van der Waals surface area contributed by atoms with E-state index in [9.17, 15) is 19.5 Å². The molecule has 0 spiro atoms. The van der Waals surface area contributed by atoms with Crippen LogP contribution in [0, 0.1) is 5.41 Å². The second-order valence-corrected chi connectivity index (χ2v) is 9.57. The van der Waals surface area contributed by atoms with Gasteiger partial charge in [0.1, 0.15) is 6.61 Å². The molecule has 2 heterocycles. The number of amides is 2. The van der Waals surface area contributed by atoms with Crippen molar-refractivity contribution < 1.29 is 34.1 Å². The second kappa shape index (κ2) is 8.98. The Labute approximate surface area is 202 Å². The van der Waals surface area contributed by atoms with Crippen molar-refractivity contribution in [2.45, 2.75) is 24.4 Å². The Hall–Kier alpha value is -3.43. The van der Waals surface area contributed by atoms with Crippen molar-refractivity contribution in [3.05, 3.63) is 59.7 Å². The summed E-state index contributed by atoms with van der Waals surface area (Å²) in [5.41, 5.74) is 1.66. The van der Waals surface area contributed by atoms with E-state index in [1.807, 2.05) is 36.4 Å². The van der Waals surface area contributed by atoms with Crippen molar-refractivity contribution >= 4 is 18.0 Å². The van der Waals surface area contributed by atoms with Crippen LogP contribution in [0.4, 0.5) is 4.79 Å². The van der Waals surface area contributed by atoms with Crippen LogP contribution in [-0.4, -0.2) is 78.1 Å². The van der Waals surface area contributed by atoms with E-state index in [0.717, 1.165) is 22.3 Å². The zero-order chi connectivity index (χ0) is 24.6. The highest BCUT2D eigenvalue weighted by atomic mass is 16.5. The number of carbonyl (C=O) groups excluding carboxylic acids is 2. The molecule has 2 aromatic rings. The Morgan fingerprint density at radius 3 is 2.14 bits per heavy atom. The normalized spacial score (nSPS) is 19.7. The van der Waals surface area contributed by atoms with Gasteiger partial charge in [0.2, 0.25) is 5.91 Å². The van der Waals surface area contributed by atoms with Crippen LogP contribution in [0.5, 0.6) is 0 Å². The monoisotopic (exact) mass is 480 g/mol. The Bertz CT molecular complexity index is 1110. The van der Waals surface area contributed by atoms with Crippen LogP contribution in [0.3, 0.4) is 0 Å². The van der Waals surface area contributed by atoms with Crippen LogP contribution >= 0.6 is 0 Å². The number of carboxylic acids is 1. The molecule has 2 fully saturated rings. The van der Waals surface area contributed by atoms with Crippen LogP contribution in [-0.2, 0) is 19.1 Å². The van der Waals surface area contributed by atoms with E-state index >= 15 is 0 Å². The van der Waals surface area contributed by atoms with Gasteiger partial charge in [-0.3, -0.25) is 4.79 Å². The van der Waals surface area contributed by atoms with E-state index < -0.39 is 23.1 Å². The van der Waals surface area contributed by atoms with Gasteiger partial charge in [-0.05, 0) is 35.1 Å². The quantitative estimate of drug-likeness (QED) is 0.577. The van der Waals surface area contributed by atoms with Gasteiger partial charge in [0, 0.05) is 25.7 Å². The predicted molar refractivity (Wildman–Crippen MR) is 125 cm³/mol. The van der Waals surface area contributed by atoms with Crippen molar-refractivity contribution in [3.8, 4) is 11.1 Å². The molecule has 2 aromatic carbocycles. The molecule has 3 aliphatic rings. The number of hydrogen-bond donors (Lipinski definition) is 3. The SMILES string of the molecule is O=C(NCC1(C(=O)N2CC(O)(C(=O)O)C2)CCOCC1)OCC1c2ccccc2-c2ccccc21. The standard InChI is InChI=1S/C26H28N2O7/c29-22(28-15-26(33,16-28)23(30)31)25(9-11-34-12-10-25)14-27-24(32)35-13-21-19-7-3-1-5-17(19)18-6-2-4-8-20(18)21/h1-8,21,33H,9-16H2,(H,27,32)(H,30,31). The first-order valence-corrected chi connectivity index (χ1v) is 11.7. The maximum atomic E-state index is 13.2. The zero-order valence-electron chi connectivity index (χ0n) is 19.2. The van der Waals surface area contributed by atoms with Gasteiger partial charge in [-0.1, -0.05) is 48.5 Å². The highest BCUT2D eigenvalue weighted by molar-refractivity contribution is 5.89. The molecule has 9 nitrogen and oxygen atoms in total. The Morgan fingerprint density at radius 1 is 1.00 bits per heavy atom. The van der Waals surface area contributed by atoms with Crippen molar-refractivity contribution in [3.63, 3.8) is 0 Å². The first-order chi connectivity index (χ1) is 16.8. The van der Waals surface area contributed by atoms with E-state index in [-0.39, 0.29) is 38.1 Å². The number of nitrogens with one attached hydrogen (secondary N) is 1. The highest BCUT2D eigenvalue weighted by Crippen LogP contribution is 2.44. The van der Waals surface area contributed by atoms with Gasteiger partial charge in [-0.15, -0.1) is 0 Å². The fourth-order valence-electron chi connectivity index (χ4n) is 5.32. The molecule has 0 unspecified atom stereocenters. The van der Waals surface area contributed by atoms with Crippen LogP contribution < -0.4 is 5.32 Å². The van der Waals surface area contributed by atoms with Gasteiger partial charge >= 0.3 is 12.1 Å². The number of rotatable bonds is 6. The number of hydrogen-bond acceptors (Lipinski definition) is 6. The van der Waals surface area contributed by atoms with Gasteiger partial charge in [-0.2, -0.15) is 0 Å². The summed E-state index contributed by atoms with van der Waals surface area (Å²) in [5, 5.41) is 21.9. The summed E-state index contributed by atoms with van der Waals surface area (Å²) in [4.78, 5) is 38.4. The fourth-order valence-corrected chi connectivity index (χ4v) is 5.32. The van der Waals surface area contributed by atoms with Gasteiger partial charge in [0.15, 0.2) is 5.60 Å². The lowest BCUT2D eigenvalue weighted by molar-refractivity contribution is -0.187. The van der Waals surface area contributed by atoms with Crippen LogP contribution in [0.2, 0.25) is 0 Å². The van der Waals surface area contributed by atoms with Gasteiger partial charge in [-0.25, -0.2) is 9.59 Å². The lowest BCUT2D eigenvalue weighted by atomic mass is 9.77. The molecular weight excluding hydrogens is 452 g/mol. The Kier molecular flexibility index (Phi) is 5.98. The summed E-state index contributed by atoms with van der Waals surface area (Å²) >= 11 is 0. The molecule has 2 saturated heterocycles. The van der Waals surface area contributed by atoms with E-state index in [4.69, 9.17) is 14.6 Å². The van der Waals surface area contributed by atoms with E-state index in [2.05, 4.69) is 17.4 Å². The van der Waals surface area contributed by atoms with Crippen molar-refractivity contribution in [1.29, 1.82) is 0 Å². The molecule has 0 aromatic heterocycles. The zero-order valence-corrected chi connectivity index (χ0v) is 19.2. The van der Waals surface area contributed by atoms with Crippen molar-refractivity contribution in [2.75, 3.05) is 39.5 Å². The predicted octanol–water partition coefficient (Wildman–Crippen LogP) is 1.98. The molecule has 184 valence electrons. The van der Waals surface area contributed by atoms with Crippen molar-refractivity contribution in [1.82, 2.24) is 10.2 Å². The van der Waals surface area contributed by atoms with Crippen LogP contribution in [0.1, 0.15) is 29.9 Å². The summed E-state index contributed by atoms with van der Waals surface area (Å²) in [6.45, 7) is 0.392. The van der Waals surface area contributed by atoms with Gasteiger partial charge in [0.05, 0.1) is 18.5 Å². The number of alkyl carbamates (subject to hydrolysis) is 1. The van der Waals surface area contributed by atoms with E-state index in [0.29, 0.717) is 26.1 Å². The minimum absolute atomic E-state index is 0.0495. The first-order valence-electron chi connectivity index (χ1n) is 11.7. The Balaban J connectivity index is 1.22. The number of aliphatic carboxylic acids is 1. The third-order valence-electron chi connectivity index (χ3n) is 7.41. The molecule has 0 bridgehead atoms. The first kappa shape index (κ1) is 23.3. The summed E-state index contributed by atoms with van der Waals surface area (Å²) in [7, 11) is 0. The number of ether oxygens (including phenoxy) is 2. The molecule has 9 heteroatoms. The average Bonchev–Trinajstić information content (AvgIpc) is 3.18. The number of fused-ring (bicyclic) bond motifs is 3. The molecule has 1 aliphatic carbocycles. The lowest BCUT2D eigenvalue weighted by Gasteiger charge is -2.48. The molecule has 2 amide bonds. The number of carboxylic acid groups (broad SMARTS) is 1. The maximum Gasteiger partial charge on any atom is 0.407 e. The molecule has 0 atom stereocenters. The summed E-state index contributed by atoms with van der Waals surface area (Å²) in [5.74, 6) is -1.70. The van der Waals surface area contributed by atoms with E-state index in [1.165, 1.54) is 4.90 Å². The highest BCUT2D eigenvalue weighted by Gasteiger charge is 2.54. The summed E-state index contributed by atoms with van der Waals surface area (Å²) in [6.07, 6.45) is 0.158. The topological polar surface area (TPSA) is 125 Å². The molecule has 0 saturated carbocycles. The third kappa shape index (κ3) is 4.15. The molecule has 35 heavy (non-hydrogen) atoms. The minimum atomic E-state index is -1.91. The van der Waals surface area contributed by atoms with Gasteiger partial charge < -0.3 is 29.9 Å². The fraction of sp³-hybridized carbons (Fsp3) is 0.423. The maximum absolute atomic E-state index is 13.2. The third-order valence-corrected chi connectivity index (χ3v) is 7.41. The van der Waals surface area contributed by atoms with Crippen molar-refractivity contribution in [2.24, 2.45) is 5.41 Å².